The van der Waals surface area contributed by atoms with Crippen LogP contribution in [0.4, 0.5) is 11.4 Å². The molecule has 2 N–H and O–H groups in total. The Morgan fingerprint density at radius 1 is 0.966 bits per heavy atom. The number of nitrogens with zero attached hydrogens (tertiary/aromatic N) is 2. The molecule has 1 unspecified atom stereocenters. The zero-order valence-corrected chi connectivity index (χ0v) is 17.6. The van der Waals surface area contributed by atoms with Crippen molar-refractivity contribution in [2.24, 2.45) is 5.92 Å². The van der Waals surface area contributed by atoms with Gasteiger partial charge in [-0.1, -0.05) is 43.0 Å². The first-order chi connectivity index (χ1) is 13.8. The van der Waals surface area contributed by atoms with E-state index in [1.54, 1.807) is 0 Å². The summed E-state index contributed by atoms with van der Waals surface area (Å²) >= 11 is 1.88. The molecule has 0 saturated heterocycles. The van der Waals surface area contributed by atoms with Crippen LogP contribution in [0.3, 0.4) is 0 Å². The van der Waals surface area contributed by atoms with Gasteiger partial charge in [-0.05, 0) is 44.3 Å². The van der Waals surface area contributed by atoms with Crippen molar-refractivity contribution in [3.05, 3.63) is 60.7 Å². The van der Waals surface area contributed by atoms with E-state index in [4.69, 9.17) is 10.2 Å². The minimum absolute atomic E-state index is 0.558. The van der Waals surface area contributed by atoms with Crippen LogP contribution in [0.15, 0.2) is 70.5 Å². The van der Waals surface area contributed by atoms with Crippen molar-refractivity contribution in [3.63, 3.8) is 0 Å². The fourth-order valence-corrected chi connectivity index (χ4v) is 4.21. The second kappa shape index (κ2) is 10.7. The molecule has 0 fully saturated rings. The van der Waals surface area contributed by atoms with Crippen LogP contribution in [0.5, 0.6) is 0 Å². The Morgan fingerprint density at radius 3 is 1.83 bits per heavy atom. The lowest BCUT2D eigenvalue weighted by atomic mass is 10.1. The number of carboxylic acids is 2. The summed E-state index contributed by atoms with van der Waals surface area (Å²) in [7, 11) is 4.29. The number of anilines is 2. The summed E-state index contributed by atoms with van der Waals surface area (Å²) in [6.07, 6.45) is 1.12. The Balaban J connectivity index is 0.000000321. The lowest BCUT2D eigenvalue weighted by Gasteiger charge is -2.35. The molecule has 1 aliphatic rings. The van der Waals surface area contributed by atoms with Gasteiger partial charge in [0.25, 0.3) is 0 Å². The lowest BCUT2D eigenvalue weighted by molar-refractivity contribution is -0.134. The molecule has 0 aromatic heterocycles. The molecule has 3 rings (SSSR count). The molecule has 154 valence electrons. The van der Waals surface area contributed by atoms with Crippen molar-refractivity contribution in [1.82, 2.24) is 4.90 Å². The molecule has 1 aliphatic heterocycles. The van der Waals surface area contributed by atoms with Gasteiger partial charge in [0, 0.05) is 35.0 Å². The van der Waals surface area contributed by atoms with Gasteiger partial charge in [0.15, 0.2) is 0 Å². The van der Waals surface area contributed by atoms with Crippen LogP contribution in [0.25, 0.3) is 0 Å². The van der Waals surface area contributed by atoms with Crippen molar-refractivity contribution in [2.45, 2.75) is 16.7 Å². The van der Waals surface area contributed by atoms with E-state index < -0.39 is 11.9 Å². The summed E-state index contributed by atoms with van der Waals surface area (Å²) in [5.74, 6) is -1.90. The molecular weight excluding hydrogens is 388 g/mol. The van der Waals surface area contributed by atoms with Crippen molar-refractivity contribution in [3.8, 4) is 0 Å². The fraction of sp³-hybridized carbons (Fsp3) is 0.273. The Kier molecular flexibility index (Phi) is 8.30. The average Bonchev–Trinajstić information content (AvgIpc) is 2.66. The van der Waals surface area contributed by atoms with Gasteiger partial charge in [-0.25, -0.2) is 9.59 Å². The first-order valence-corrected chi connectivity index (χ1v) is 10.0. The quantitative estimate of drug-likeness (QED) is 0.686. The summed E-state index contributed by atoms with van der Waals surface area (Å²) in [4.78, 5) is 26.6. The number of aliphatic carboxylic acids is 2. The van der Waals surface area contributed by atoms with E-state index in [0.29, 0.717) is 18.1 Å². The van der Waals surface area contributed by atoms with E-state index in [1.807, 2.05) is 11.8 Å². The number of carboxylic acid groups (broad SMARTS) is 2. The zero-order valence-electron chi connectivity index (χ0n) is 16.8. The molecule has 0 saturated carbocycles. The Bertz CT molecular complexity index is 821. The number of carbonyl (C=O) groups is 2. The van der Waals surface area contributed by atoms with Crippen molar-refractivity contribution in [2.75, 3.05) is 32.1 Å². The monoisotopic (exact) mass is 414 g/mol. The number of hydrogen-bond donors (Lipinski definition) is 2. The van der Waals surface area contributed by atoms with Gasteiger partial charge in [-0.2, -0.15) is 0 Å². The summed E-state index contributed by atoms with van der Waals surface area (Å²) in [6, 6.07) is 17.4. The van der Waals surface area contributed by atoms with Crippen LogP contribution in [0, 0.1) is 5.92 Å². The van der Waals surface area contributed by atoms with Crippen molar-refractivity contribution >= 4 is 35.1 Å². The van der Waals surface area contributed by atoms with Crippen LogP contribution in [0.1, 0.15) is 6.92 Å². The smallest absolute Gasteiger partial charge is 0.328 e. The normalized spacial score (nSPS) is 13.3. The predicted molar refractivity (Wildman–Crippen MR) is 116 cm³/mol. The maximum atomic E-state index is 9.55. The summed E-state index contributed by atoms with van der Waals surface area (Å²) in [5.41, 5.74) is 2.68. The average molecular weight is 415 g/mol. The standard InChI is InChI=1S/C18H22N2S.C4H4O4/c1-14(12-19(2)3)13-20-15-8-4-6-10-17(15)21-18-11-7-5-9-16(18)20;5-3(6)1-2-4(7)8/h4-11,14H,12-13H2,1-3H3;1-2H,(H,5,6)(H,7,8)/b;2-1-. The molecule has 29 heavy (non-hydrogen) atoms. The third-order valence-electron chi connectivity index (χ3n) is 4.07. The maximum Gasteiger partial charge on any atom is 0.328 e. The van der Waals surface area contributed by atoms with Gasteiger partial charge in [-0.15, -0.1) is 0 Å². The van der Waals surface area contributed by atoms with Crippen LogP contribution < -0.4 is 4.90 Å². The topological polar surface area (TPSA) is 81.1 Å². The van der Waals surface area contributed by atoms with Crippen LogP contribution in [0.2, 0.25) is 0 Å². The van der Waals surface area contributed by atoms with E-state index in [-0.39, 0.29) is 0 Å². The Labute approximate surface area is 175 Å². The second-order valence-electron chi connectivity index (χ2n) is 7.03. The van der Waals surface area contributed by atoms with Gasteiger partial charge in [-0.3, -0.25) is 0 Å². The first-order valence-electron chi connectivity index (χ1n) is 9.20. The van der Waals surface area contributed by atoms with E-state index in [0.717, 1.165) is 13.1 Å². The highest BCUT2D eigenvalue weighted by atomic mass is 32.2. The van der Waals surface area contributed by atoms with E-state index in [9.17, 15) is 9.59 Å². The van der Waals surface area contributed by atoms with E-state index >= 15 is 0 Å². The lowest BCUT2D eigenvalue weighted by Crippen LogP contribution is -2.31. The summed E-state index contributed by atoms with van der Waals surface area (Å²) in [5, 5.41) is 15.6. The molecule has 2 aromatic rings. The largest absolute Gasteiger partial charge is 0.478 e. The molecule has 2 aromatic carbocycles. The predicted octanol–water partition coefficient (Wildman–Crippen LogP) is 4.20. The number of para-hydroxylation sites is 2. The van der Waals surface area contributed by atoms with Crippen LogP contribution in [-0.4, -0.2) is 54.2 Å². The molecule has 1 heterocycles. The van der Waals surface area contributed by atoms with Crippen molar-refractivity contribution in [1.29, 1.82) is 0 Å². The number of benzene rings is 2. The van der Waals surface area contributed by atoms with Gasteiger partial charge in [0.2, 0.25) is 0 Å². The van der Waals surface area contributed by atoms with Gasteiger partial charge in [0.1, 0.15) is 0 Å². The SMILES string of the molecule is CC(CN(C)C)CN1c2ccccc2Sc2ccccc21.O=C(O)/C=C\C(=O)O. The van der Waals surface area contributed by atoms with Gasteiger partial charge < -0.3 is 20.0 Å². The van der Waals surface area contributed by atoms with E-state index in [2.05, 4.69) is 79.3 Å². The second-order valence-corrected chi connectivity index (χ2v) is 8.11. The molecule has 7 heteroatoms. The molecule has 0 radical (unpaired) electrons. The van der Waals surface area contributed by atoms with E-state index in [1.165, 1.54) is 21.2 Å². The molecule has 0 spiro atoms. The molecule has 0 aliphatic carbocycles. The first kappa shape index (κ1) is 22.5. The summed E-state index contributed by atoms with van der Waals surface area (Å²) in [6.45, 7) is 4.48. The third-order valence-corrected chi connectivity index (χ3v) is 5.20. The van der Waals surface area contributed by atoms with Crippen molar-refractivity contribution < 1.29 is 19.8 Å². The highest BCUT2D eigenvalue weighted by molar-refractivity contribution is 7.99. The number of hydrogen-bond acceptors (Lipinski definition) is 5. The van der Waals surface area contributed by atoms with Gasteiger partial charge in [0.05, 0.1) is 11.4 Å². The summed E-state index contributed by atoms with van der Waals surface area (Å²) < 4.78 is 0. The fourth-order valence-electron chi connectivity index (χ4n) is 3.11. The highest BCUT2D eigenvalue weighted by Gasteiger charge is 2.24. The minimum atomic E-state index is -1.26. The van der Waals surface area contributed by atoms with Gasteiger partial charge >= 0.3 is 11.9 Å². The Hall–Kier alpha value is -2.77. The minimum Gasteiger partial charge on any atom is -0.478 e. The molecule has 0 amide bonds. The Morgan fingerprint density at radius 2 is 1.41 bits per heavy atom. The zero-order chi connectivity index (χ0) is 21.4. The molecule has 6 nitrogen and oxygen atoms in total. The maximum absolute atomic E-state index is 9.55. The molecular formula is C22H26N2O4S. The highest BCUT2D eigenvalue weighted by Crippen LogP contribution is 2.47. The van der Waals surface area contributed by atoms with Crippen LogP contribution >= 0.6 is 11.8 Å². The third kappa shape index (κ3) is 6.96. The van der Waals surface area contributed by atoms with Crippen LogP contribution in [-0.2, 0) is 9.59 Å². The molecule has 1 atom stereocenters. The number of fused-ring (bicyclic) bond motifs is 2. The molecule has 0 bridgehead atoms. The number of rotatable bonds is 6.